The Morgan fingerprint density at radius 2 is 1.95 bits per heavy atom. The van der Waals surface area contributed by atoms with Gasteiger partial charge in [-0.1, -0.05) is 41.1 Å². The molecule has 22 heavy (non-hydrogen) atoms. The van der Waals surface area contributed by atoms with Crippen LogP contribution in [-0.4, -0.2) is 11.5 Å². The van der Waals surface area contributed by atoms with Crippen molar-refractivity contribution in [2.45, 2.75) is 19.4 Å². The van der Waals surface area contributed by atoms with E-state index < -0.39 is 0 Å². The number of benzene rings is 2. The summed E-state index contributed by atoms with van der Waals surface area (Å²) < 4.78 is 13.6. The van der Waals surface area contributed by atoms with Crippen LogP contribution < -0.4 is 5.32 Å². The predicted octanol–water partition coefficient (Wildman–Crippen LogP) is 4.39. The maximum absolute atomic E-state index is 12.9. The summed E-state index contributed by atoms with van der Waals surface area (Å²) in [5, 5.41) is 14.3. The summed E-state index contributed by atoms with van der Waals surface area (Å²) >= 11 is 3.35. The number of nitro benzene ring substituents is 1. The second kappa shape index (κ2) is 7.47. The highest BCUT2D eigenvalue weighted by atomic mass is 79.9. The molecule has 0 saturated carbocycles. The van der Waals surface area contributed by atoms with Crippen LogP contribution in [0.2, 0.25) is 0 Å². The normalized spacial score (nSPS) is 12.1. The standard InChI is InChI=1S/C16H16BrFN2O2/c1-11(12-5-7-13(18)8-6-12)9-19-10-14-15(17)3-2-4-16(14)20(21)22/h2-8,11,19H,9-10H2,1H3/t11-/m0/s1. The highest BCUT2D eigenvalue weighted by Crippen LogP contribution is 2.26. The van der Waals surface area contributed by atoms with Gasteiger partial charge in [0.2, 0.25) is 0 Å². The van der Waals surface area contributed by atoms with Crippen molar-refractivity contribution in [2.24, 2.45) is 0 Å². The van der Waals surface area contributed by atoms with Gasteiger partial charge < -0.3 is 5.32 Å². The van der Waals surface area contributed by atoms with Crippen LogP contribution in [0.4, 0.5) is 10.1 Å². The summed E-state index contributed by atoms with van der Waals surface area (Å²) in [4.78, 5) is 10.7. The zero-order valence-electron chi connectivity index (χ0n) is 12.1. The molecule has 0 aliphatic rings. The first-order valence-corrected chi connectivity index (χ1v) is 7.66. The molecule has 2 aromatic rings. The quantitative estimate of drug-likeness (QED) is 0.609. The predicted molar refractivity (Wildman–Crippen MR) is 87.3 cm³/mol. The first kappa shape index (κ1) is 16.6. The topological polar surface area (TPSA) is 55.2 Å². The molecule has 4 nitrogen and oxygen atoms in total. The fraction of sp³-hybridized carbons (Fsp3) is 0.250. The average Bonchev–Trinajstić information content (AvgIpc) is 2.49. The lowest BCUT2D eigenvalue weighted by molar-refractivity contribution is -0.385. The summed E-state index contributed by atoms with van der Waals surface area (Å²) in [6.45, 7) is 3.06. The third kappa shape index (κ3) is 4.11. The Bertz CT molecular complexity index is 662. The van der Waals surface area contributed by atoms with Crippen molar-refractivity contribution in [3.63, 3.8) is 0 Å². The van der Waals surface area contributed by atoms with Gasteiger partial charge in [-0.3, -0.25) is 10.1 Å². The monoisotopic (exact) mass is 366 g/mol. The molecule has 1 N–H and O–H groups in total. The van der Waals surface area contributed by atoms with Gasteiger partial charge in [-0.05, 0) is 29.7 Å². The lowest BCUT2D eigenvalue weighted by Gasteiger charge is -2.14. The van der Waals surface area contributed by atoms with E-state index in [-0.39, 0.29) is 22.3 Å². The molecule has 0 heterocycles. The third-order valence-electron chi connectivity index (χ3n) is 3.48. The van der Waals surface area contributed by atoms with Crippen LogP contribution >= 0.6 is 15.9 Å². The van der Waals surface area contributed by atoms with E-state index in [1.807, 2.05) is 6.92 Å². The Hall–Kier alpha value is -1.79. The molecular formula is C16H16BrFN2O2. The van der Waals surface area contributed by atoms with E-state index in [1.54, 1.807) is 24.3 Å². The number of rotatable bonds is 6. The maximum Gasteiger partial charge on any atom is 0.275 e. The number of halogens is 2. The van der Waals surface area contributed by atoms with Crippen molar-refractivity contribution < 1.29 is 9.31 Å². The zero-order chi connectivity index (χ0) is 16.1. The van der Waals surface area contributed by atoms with Gasteiger partial charge >= 0.3 is 0 Å². The molecule has 0 aliphatic carbocycles. The number of nitro groups is 1. The molecule has 0 bridgehead atoms. The minimum Gasteiger partial charge on any atom is -0.312 e. The van der Waals surface area contributed by atoms with E-state index in [0.717, 1.165) is 5.56 Å². The fourth-order valence-corrected chi connectivity index (χ4v) is 2.71. The summed E-state index contributed by atoms with van der Waals surface area (Å²) in [7, 11) is 0. The Morgan fingerprint density at radius 1 is 1.27 bits per heavy atom. The number of nitrogens with zero attached hydrogens (tertiary/aromatic N) is 1. The van der Waals surface area contributed by atoms with Gasteiger partial charge in [0.1, 0.15) is 5.82 Å². The second-order valence-electron chi connectivity index (χ2n) is 5.08. The van der Waals surface area contributed by atoms with Crippen molar-refractivity contribution >= 4 is 21.6 Å². The molecule has 0 unspecified atom stereocenters. The van der Waals surface area contributed by atoms with Crippen LogP contribution in [0.5, 0.6) is 0 Å². The molecular weight excluding hydrogens is 351 g/mol. The van der Waals surface area contributed by atoms with Gasteiger partial charge in [-0.15, -0.1) is 0 Å². The van der Waals surface area contributed by atoms with Crippen molar-refractivity contribution in [3.05, 3.63) is 74.0 Å². The molecule has 2 aromatic carbocycles. The second-order valence-corrected chi connectivity index (χ2v) is 5.93. The molecule has 0 saturated heterocycles. The van der Waals surface area contributed by atoms with Crippen molar-refractivity contribution in [1.82, 2.24) is 5.32 Å². The Morgan fingerprint density at radius 3 is 2.59 bits per heavy atom. The summed E-state index contributed by atoms with van der Waals surface area (Å²) in [6, 6.07) is 11.3. The number of hydrogen-bond donors (Lipinski definition) is 1. The molecule has 0 radical (unpaired) electrons. The van der Waals surface area contributed by atoms with Gasteiger partial charge in [0.05, 0.1) is 10.5 Å². The van der Waals surface area contributed by atoms with Crippen molar-refractivity contribution in [3.8, 4) is 0 Å². The van der Waals surface area contributed by atoms with Crippen LogP contribution in [0.1, 0.15) is 24.0 Å². The molecule has 2 rings (SSSR count). The zero-order valence-corrected chi connectivity index (χ0v) is 13.6. The number of nitrogens with one attached hydrogen (secondary N) is 1. The Balaban J connectivity index is 1.99. The molecule has 0 amide bonds. The Kier molecular flexibility index (Phi) is 5.63. The highest BCUT2D eigenvalue weighted by molar-refractivity contribution is 9.10. The van der Waals surface area contributed by atoms with Crippen LogP contribution in [0.3, 0.4) is 0 Å². The van der Waals surface area contributed by atoms with E-state index in [9.17, 15) is 14.5 Å². The highest BCUT2D eigenvalue weighted by Gasteiger charge is 2.16. The molecule has 1 atom stereocenters. The number of hydrogen-bond acceptors (Lipinski definition) is 3. The van der Waals surface area contributed by atoms with E-state index in [2.05, 4.69) is 21.2 Å². The molecule has 0 fully saturated rings. The molecule has 6 heteroatoms. The van der Waals surface area contributed by atoms with Gasteiger partial charge in [0.25, 0.3) is 5.69 Å². The molecule has 0 aliphatic heterocycles. The van der Waals surface area contributed by atoms with Crippen LogP contribution in [0, 0.1) is 15.9 Å². The summed E-state index contributed by atoms with van der Waals surface area (Å²) in [5.74, 6) is -0.0742. The van der Waals surface area contributed by atoms with Gasteiger partial charge in [0, 0.05) is 23.6 Å². The SMILES string of the molecule is C[C@@H](CNCc1c(Br)cccc1[N+](=O)[O-])c1ccc(F)cc1. The first-order chi connectivity index (χ1) is 10.5. The van der Waals surface area contributed by atoms with Crippen molar-refractivity contribution in [2.75, 3.05) is 6.54 Å². The van der Waals surface area contributed by atoms with Gasteiger partial charge in [-0.2, -0.15) is 0 Å². The van der Waals surface area contributed by atoms with Crippen LogP contribution in [0.15, 0.2) is 46.9 Å². The minimum absolute atomic E-state index is 0.0938. The molecule has 0 spiro atoms. The van der Waals surface area contributed by atoms with E-state index in [0.29, 0.717) is 23.1 Å². The lowest BCUT2D eigenvalue weighted by atomic mass is 10.0. The van der Waals surface area contributed by atoms with Crippen LogP contribution in [0.25, 0.3) is 0 Å². The first-order valence-electron chi connectivity index (χ1n) is 6.87. The third-order valence-corrected chi connectivity index (χ3v) is 4.23. The molecule has 0 aromatic heterocycles. The smallest absolute Gasteiger partial charge is 0.275 e. The minimum atomic E-state index is -0.384. The maximum atomic E-state index is 12.9. The lowest BCUT2D eigenvalue weighted by Crippen LogP contribution is -2.20. The average molecular weight is 367 g/mol. The van der Waals surface area contributed by atoms with E-state index >= 15 is 0 Å². The van der Waals surface area contributed by atoms with E-state index in [4.69, 9.17) is 0 Å². The largest absolute Gasteiger partial charge is 0.312 e. The molecule has 116 valence electrons. The van der Waals surface area contributed by atoms with Crippen molar-refractivity contribution in [1.29, 1.82) is 0 Å². The summed E-state index contributed by atoms with van der Waals surface area (Å²) in [5.41, 5.74) is 1.74. The van der Waals surface area contributed by atoms with E-state index in [1.165, 1.54) is 18.2 Å². The fourth-order valence-electron chi connectivity index (χ4n) is 2.22. The summed E-state index contributed by atoms with van der Waals surface area (Å²) in [6.07, 6.45) is 0. The van der Waals surface area contributed by atoms with Gasteiger partial charge in [-0.25, -0.2) is 4.39 Å². The Labute approximate surface area is 136 Å². The van der Waals surface area contributed by atoms with Crippen LogP contribution in [-0.2, 0) is 6.54 Å². The van der Waals surface area contributed by atoms with Gasteiger partial charge in [0.15, 0.2) is 0 Å².